The normalized spacial score (nSPS) is 10.8. The van der Waals surface area contributed by atoms with Gasteiger partial charge in [-0.05, 0) is 54.6 Å². The van der Waals surface area contributed by atoms with E-state index in [0.29, 0.717) is 75.8 Å². The van der Waals surface area contributed by atoms with Crippen molar-refractivity contribution in [3.63, 3.8) is 0 Å². The van der Waals surface area contributed by atoms with E-state index in [1.165, 1.54) is 7.11 Å². The first-order valence-electron chi connectivity index (χ1n) is 14.4. The Hall–Kier alpha value is -4.93. The second kappa shape index (κ2) is 14.9. The van der Waals surface area contributed by atoms with Crippen LogP contribution < -0.4 is 35.1 Å². The van der Waals surface area contributed by atoms with Crippen LogP contribution in [0.3, 0.4) is 0 Å². The second-order valence-corrected chi connectivity index (χ2v) is 10.8. The zero-order valence-corrected chi connectivity index (χ0v) is 27.0. The Balaban J connectivity index is 1.45. The maximum Gasteiger partial charge on any atom is 0.417 e. The molecule has 238 valence electrons. The number of alkyl halides is 2. The van der Waals surface area contributed by atoms with Gasteiger partial charge in [-0.1, -0.05) is 24.3 Å². The molecule has 46 heavy (non-hydrogen) atoms. The van der Waals surface area contributed by atoms with Crippen molar-refractivity contribution in [1.82, 2.24) is 10.3 Å². The Labute approximate surface area is 276 Å². The van der Waals surface area contributed by atoms with Crippen LogP contribution in [0.4, 0.5) is 27.5 Å². The van der Waals surface area contributed by atoms with E-state index in [9.17, 15) is 9.59 Å². The molecule has 0 bridgehead atoms. The summed E-state index contributed by atoms with van der Waals surface area (Å²) in [5.41, 5.74) is 4.18. The van der Waals surface area contributed by atoms with Gasteiger partial charge in [0.05, 0.1) is 36.7 Å². The fraction of sp³-hybridized carbons (Fsp3) is 0.206. The highest BCUT2D eigenvalue weighted by molar-refractivity contribution is 6.19. The number of carbonyl (C=O) groups excluding carboxylic acids is 2. The molecule has 0 unspecified atom stereocenters. The molecule has 1 heterocycles. The Morgan fingerprint density at radius 1 is 0.826 bits per heavy atom. The minimum absolute atomic E-state index is 0.259. The predicted octanol–water partition coefficient (Wildman–Crippen LogP) is 7.40. The van der Waals surface area contributed by atoms with E-state index in [4.69, 9.17) is 42.4 Å². The third-order valence-corrected chi connectivity index (χ3v) is 7.65. The lowest BCUT2D eigenvalue weighted by Gasteiger charge is -2.22. The molecule has 2 amide bonds. The second-order valence-electron chi connectivity index (χ2n) is 10.0. The van der Waals surface area contributed by atoms with Gasteiger partial charge in [0.2, 0.25) is 0 Å². The first-order chi connectivity index (χ1) is 22.4. The SMILES string of the molecule is CNC(=O)c1cccc2c(Nc3ccc(OC)c(NC(=O)Oc4ccc(N(CCCl)CCCl)cc4)c3)c3cccc(OC)c3nc12. The zero-order chi connectivity index (χ0) is 32.6. The molecule has 4 aromatic carbocycles. The Bertz CT molecular complexity index is 1860. The smallest absolute Gasteiger partial charge is 0.417 e. The highest BCUT2D eigenvalue weighted by Gasteiger charge is 2.19. The molecule has 0 radical (unpaired) electrons. The molecule has 0 aliphatic carbocycles. The summed E-state index contributed by atoms with van der Waals surface area (Å²) in [4.78, 5) is 32.6. The third kappa shape index (κ3) is 6.98. The molecular formula is C34H33Cl2N5O5. The van der Waals surface area contributed by atoms with Crippen LogP contribution in [0.25, 0.3) is 21.8 Å². The quantitative estimate of drug-likeness (QED) is 0.0936. The number of hydrogen-bond donors (Lipinski definition) is 3. The first-order valence-corrected chi connectivity index (χ1v) is 15.5. The molecule has 12 heteroatoms. The Morgan fingerprint density at radius 2 is 1.50 bits per heavy atom. The number of anilines is 4. The summed E-state index contributed by atoms with van der Waals surface area (Å²) in [7, 11) is 4.67. The number of methoxy groups -OCH3 is 2. The van der Waals surface area contributed by atoms with Crippen LogP contribution in [0.5, 0.6) is 17.2 Å². The largest absolute Gasteiger partial charge is 0.495 e. The summed E-state index contributed by atoms with van der Waals surface area (Å²) in [5, 5.41) is 10.5. The fourth-order valence-electron chi connectivity index (χ4n) is 5.15. The summed E-state index contributed by atoms with van der Waals surface area (Å²) < 4.78 is 16.7. The molecule has 0 aliphatic rings. The molecule has 0 saturated heterocycles. The summed E-state index contributed by atoms with van der Waals surface area (Å²) in [6.45, 7) is 1.29. The molecule has 10 nitrogen and oxygen atoms in total. The number of aromatic nitrogens is 1. The van der Waals surface area contributed by atoms with E-state index < -0.39 is 6.09 Å². The minimum atomic E-state index is -0.693. The van der Waals surface area contributed by atoms with Gasteiger partial charge in [-0.25, -0.2) is 9.78 Å². The molecular weight excluding hydrogens is 629 g/mol. The minimum Gasteiger partial charge on any atom is -0.495 e. The van der Waals surface area contributed by atoms with Crippen LogP contribution in [0.15, 0.2) is 78.9 Å². The van der Waals surface area contributed by atoms with E-state index in [1.807, 2.05) is 48.5 Å². The molecule has 1 aromatic heterocycles. The number of halogens is 2. The predicted molar refractivity (Wildman–Crippen MR) is 185 cm³/mol. The molecule has 0 atom stereocenters. The number of carbonyl (C=O) groups is 2. The van der Waals surface area contributed by atoms with Crippen molar-refractivity contribution in [3.05, 3.63) is 84.4 Å². The summed E-state index contributed by atoms with van der Waals surface area (Å²) in [6, 6.07) is 23.5. The standard InChI is InChI=1S/C34H33Cl2N5O5/c1-37-33(42)26-8-4-6-24-30(25-7-5-9-29(45-3)32(25)40-31(24)26)38-21-10-15-28(44-2)27(20-21)39-34(43)46-23-13-11-22(12-14-23)41(18-16-35)19-17-36/h4-15,20H,16-19H2,1-3H3,(H,37,42)(H,38,40)(H,39,43). The van der Waals surface area contributed by atoms with Gasteiger partial charge in [-0.15, -0.1) is 23.2 Å². The number of para-hydroxylation sites is 2. The van der Waals surface area contributed by atoms with Crippen molar-refractivity contribution in [1.29, 1.82) is 0 Å². The van der Waals surface area contributed by atoms with Gasteiger partial charge < -0.3 is 29.7 Å². The lowest BCUT2D eigenvalue weighted by atomic mass is 10.0. The lowest BCUT2D eigenvalue weighted by molar-refractivity contribution is 0.0964. The van der Waals surface area contributed by atoms with Gasteiger partial charge in [0.1, 0.15) is 22.8 Å². The lowest BCUT2D eigenvalue weighted by Crippen LogP contribution is -2.27. The number of amides is 2. The maximum absolute atomic E-state index is 13.0. The number of rotatable bonds is 12. The van der Waals surface area contributed by atoms with Gasteiger partial charge >= 0.3 is 6.09 Å². The third-order valence-electron chi connectivity index (χ3n) is 7.32. The zero-order valence-electron chi connectivity index (χ0n) is 25.5. The van der Waals surface area contributed by atoms with Crippen molar-refractivity contribution in [3.8, 4) is 17.2 Å². The maximum atomic E-state index is 13.0. The van der Waals surface area contributed by atoms with Crippen molar-refractivity contribution in [2.75, 3.05) is 61.7 Å². The number of pyridine rings is 1. The van der Waals surface area contributed by atoms with E-state index in [0.717, 1.165) is 16.5 Å². The molecule has 0 spiro atoms. The van der Waals surface area contributed by atoms with Crippen LogP contribution >= 0.6 is 23.2 Å². The van der Waals surface area contributed by atoms with Crippen LogP contribution in [0, 0.1) is 0 Å². The van der Waals surface area contributed by atoms with Crippen LogP contribution in [-0.4, -0.2) is 63.1 Å². The van der Waals surface area contributed by atoms with E-state index in [-0.39, 0.29) is 5.91 Å². The van der Waals surface area contributed by atoms with Gasteiger partial charge in [-0.3, -0.25) is 10.1 Å². The summed E-state index contributed by atoms with van der Waals surface area (Å²) in [6.07, 6.45) is -0.693. The van der Waals surface area contributed by atoms with E-state index in [2.05, 4.69) is 20.9 Å². The molecule has 3 N–H and O–H groups in total. The highest BCUT2D eigenvalue weighted by atomic mass is 35.5. The van der Waals surface area contributed by atoms with Crippen LogP contribution in [-0.2, 0) is 0 Å². The summed E-state index contributed by atoms with van der Waals surface area (Å²) >= 11 is 11.9. The van der Waals surface area contributed by atoms with E-state index >= 15 is 0 Å². The number of fused-ring (bicyclic) bond motifs is 2. The molecule has 0 saturated carbocycles. The first kappa shape index (κ1) is 32.5. The fourth-order valence-corrected chi connectivity index (χ4v) is 5.56. The van der Waals surface area contributed by atoms with Crippen molar-refractivity contribution >= 4 is 79.8 Å². The average Bonchev–Trinajstić information content (AvgIpc) is 3.07. The number of nitrogens with one attached hydrogen (secondary N) is 3. The topological polar surface area (TPSA) is 114 Å². The highest BCUT2D eigenvalue weighted by Crippen LogP contribution is 2.39. The number of ether oxygens (including phenoxy) is 3. The molecule has 0 aliphatic heterocycles. The van der Waals surface area contributed by atoms with Crippen LogP contribution in [0.1, 0.15) is 10.4 Å². The van der Waals surface area contributed by atoms with Crippen molar-refractivity contribution in [2.24, 2.45) is 0 Å². The van der Waals surface area contributed by atoms with Gasteiger partial charge in [0.25, 0.3) is 5.91 Å². The Morgan fingerprint density at radius 3 is 2.15 bits per heavy atom. The monoisotopic (exact) mass is 661 g/mol. The van der Waals surface area contributed by atoms with Crippen molar-refractivity contribution in [2.45, 2.75) is 0 Å². The van der Waals surface area contributed by atoms with Crippen LogP contribution in [0.2, 0.25) is 0 Å². The molecule has 5 aromatic rings. The van der Waals surface area contributed by atoms with Gasteiger partial charge in [0.15, 0.2) is 0 Å². The summed E-state index contributed by atoms with van der Waals surface area (Å²) in [5.74, 6) is 2.03. The van der Waals surface area contributed by atoms with E-state index in [1.54, 1.807) is 44.5 Å². The van der Waals surface area contributed by atoms with Gasteiger partial charge in [0, 0.05) is 54.0 Å². The number of nitrogens with zero attached hydrogens (tertiary/aromatic N) is 2. The number of hydrogen-bond acceptors (Lipinski definition) is 8. The van der Waals surface area contributed by atoms with Gasteiger partial charge in [-0.2, -0.15) is 0 Å². The molecule has 5 rings (SSSR count). The number of benzene rings is 4. The average molecular weight is 663 g/mol. The molecule has 0 fully saturated rings. The Kier molecular flexibility index (Phi) is 10.5. The van der Waals surface area contributed by atoms with Crippen molar-refractivity contribution < 1.29 is 23.8 Å².